The van der Waals surface area contributed by atoms with E-state index in [0.717, 1.165) is 36.5 Å². The third kappa shape index (κ3) is 6.66. The highest BCUT2D eigenvalue weighted by atomic mass is 16.5. The lowest BCUT2D eigenvalue weighted by atomic mass is 10.3. The number of hydrogen-bond donors (Lipinski definition) is 2. The van der Waals surface area contributed by atoms with E-state index in [1.165, 1.54) is 12.8 Å². The van der Waals surface area contributed by atoms with Gasteiger partial charge in [-0.2, -0.15) is 0 Å². The first-order valence-corrected chi connectivity index (χ1v) is 8.55. The number of methoxy groups -OCH3 is 1. The topological polar surface area (TPSA) is 64.1 Å². The summed E-state index contributed by atoms with van der Waals surface area (Å²) in [6.07, 6.45) is 2.62. The predicted octanol–water partition coefficient (Wildman–Crippen LogP) is 2.05. The highest BCUT2D eigenvalue weighted by molar-refractivity contribution is 5.79. The van der Waals surface area contributed by atoms with Crippen molar-refractivity contribution < 1.29 is 14.2 Å². The average molecular weight is 335 g/mol. The van der Waals surface area contributed by atoms with Crippen molar-refractivity contribution in [3.8, 4) is 11.5 Å². The van der Waals surface area contributed by atoms with Crippen LogP contribution in [0.15, 0.2) is 29.3 Å². The van der Waals surface area contributed by atoms with Crippen LogP contribution in [0.25, 0.3) is 0 Å². The molecule has 2 rings (SSSR count). The molecule has 134 valence electrons. The zero-order valence-corrected chi connectivity index (χ0v) is 14.9. The largest absolute Gasteiger partial charge is 0.493 e. The van der Waals surface area contributed by atoms with Gasteiger partial charge in [0.2, 0.25) is 0 Å². The Hall–Kier alpha value is -1.95. The minimum absolute atomic E-state index is 0.0223. The highest BCUT2D eigenvalue weighted by Crippen LogP contribution is 2.28. The second-order valence-electron chi connectivity index (χ2n) is 5.98. The Balaban J connectivity index is 1.63. The van der Waals surface area contributed by atoms with Crippen molar-refractivity contribution in [2.45, 2.75) is 25.9 Å². The van der Waals surface area contributed by atoms with Crippen molar-refractivity contribution in [2.75, 3.05) is 40.5 Å². The second-order valence-corrected chi connectivity index (χ2v) is 5.98. The maximum Gasteiger partial charge on any atom is 0.191 e. The molecule has 0 bridgehead atoms. The fourth-order valence-corrected chi connectivity index (χ4v) is 2.21. The Bertz CT molecular complexity index is 518. The minimum atomic E-state index is -0.0223. The lowest BCUT2D eigenvalue weighted by Gasteiger charge is -2.19. The number of rotatable bonds is 10. The molecule has 1 saturated carbocycles. The summed E-state index contributed by atoms with van der Waals surface area (Å²) in [4.78, 5) is 4.20. The smallest absolute Gasteiger partial charge is 0.191 e. The molecule has 1 fully saturated rings. The van der Waals surface area contributed by atoms with Crippen molar-refractivity contribution in [3.05, 3.63) is 24.3 Å². The molecule has 2 N–H and O–H groups in total. The standard InChI is InChI=1S/C18H29N3O3/c1-14(24-17-7-5-4-6-16(17)22-3)12-21-18(19-2)20-10-11-23-13-15-8-9-15/h4-7,14-15H,8-13H2,1-3H3,(H2,19,20,21). The summed E-state index contributed by atoms with van der Waals surface area (Å²) in [5, 5.41) is 6.50. The number of hydrogen-bond acceptors (Lipinski definition) is 4. The summed E-state index contributed by atoms with van der Waals surface area (Å²) >= 11 is 0. The molecule has 0 aromatic heterocycles. The molecule has 6 heteroatoms. The summed E-state index contributed by atoms with van der Waals surface area (Å²) < 4.78 is 16.8. The monoisotopic (exact) mass is 335 g/mol. The summed E-state index contributed by atoms with van der Waals surface area (Å²) in [6, 6.07) is 7.64. The number of para-hydroxylation sites is 2. The second kappa shape index (κ2) is 10.0. The van der Waals surface area contributed by atoms with Crippen LogP contribution in [-0.4, -0.2) is 52.5 Å². The Morgan fingerprint density at radius 2 is 2.00 bits per heavy atom. The van der Waals surface area contributed by atoms with E-state index in [0.29, 0.717) is 13.2 Å². The molecule has 0 radical (unpaired) electrons. The van der Waals surface area contributed by atoms with Gasteiger partial charge in [0.15, 0.2) is 17.5 Å². The first-order chi connectivity index (χ1) is 11.7. The predicted molar refractivity (Wildman–Crippen MR) is 96.0 cm³/mol. The molecule has 1 aromatic carbocycles. The molecule has 1 atom stereocenters. The van der Waals surface area contributed by atoms with Crippen molar-refractivity contribution in [3.63, 3.8) is 0 Å². The van der Waals surface area contributed by atoms with Gasteiger partial charge < -0.3 is 24.8 Å². The Morgan fingerprint density at radius 1 is 1.25 bits per heavy atom. The SMILES string of the molecule is CN=C(NCCOCC1CC1)NCC(C)Oc1ccccc1OC. The molecule has 1 aromatic rings. The van der Waals surface area contributed by atoms with Crippen LogP contribution < -0.4 is 20.1 Å². The maximum atomic E-state index is 5.91. The quantitative estimate of drug-likeness (QED) is 0.389. The van der Waals surface area contributed by atoms with E-state index >= 15 is 0 Å². The Labute approximate surface area is 144 Å². The molecule has 6 nitrogen and oxygen atoms in total. The van der Waals surface area contributed by atoms with Crippen LogP contribution in [0.5, 0.6) is 11.5 Å². The lowest BCUT2D eigenvalue weighted by Crippen LogP contribution is -2.42. The number of aliphatic imine (C=N–C) groups is 1. The fraction of sp³-hybridized carbons (Fsp3) is 0.611. The molecule has 1 aliphatic rings. The normalized spacial score (nSPS) is 15.7. The van der Waals surface area contributed by atoms with Crippen LogP contribution in [0.3, 0.4) is 0 Å². The first-order valence-electron chi connectivity index (χ1n) is 8.55. The van der Waals surface area contributed by atoms with Gasteiger partial charge in [-0.3, -0.25) is 4.99 Å². The van der Waals surface area contributed by atoms with Crippen molar-refractivity contribution in [2.24, 2.45) is 10.9 Å². The molecule has 24 heavy (non-hydrogen) atoms. The van der Waals surface area contributed by atoms with Gasteiger partial charge in [-0.1, -0.05) is 12.1 Å². The number of benzene rings is 1. The zero-order chi connectivity index (χ0) is 17.2. The van der Waals surface area contributed by atoms with Gasteiger partial charge >= 0.3 is 0 Å². The number of ether oxygens (including phenoxy) is 3. The Kier molecular flexibility index (Phi) is 7.68. The van der Waals surface area contributed by atoms with Gasteiger partial charge in [-0.25, -0.2) is 0 Å². The van der Waals surface area contributed by atoms with E-state index < -0.39 is 0 Å². The van der Waals surface area contributed by atoms with Crippen LogP contribution >= 0.6 is 0 Å². The number of guanidine groups is 1. The summed E-state index contributed by atoms with van der Waals surface area (Å²) in [5.41, 5.74) is 0. The van der Waals surface area contributed by atoms with Gasteiger partial charge in [0.1, 0.15) is 6.10 Å². The van der Waals surface area contributed by atoms with Crippen molar-refractivity contribution in [1.29, 1.82) is 0 Å². The molecule has 0 saturated heterocycles. The van der Waals surface area contributed by atoms with Gasteiger partial charge in [-0.05, 0) is 37.8 Å². The molecule has 0 spiro atoms. The number of nitrogens with one attached hydrogen (secondary N) is 2. The minimum Gasteiger partial charge on any atom is -0.493 e. The van der Waals surface area contributed by atoms with Gasteiger partial charge in [0.25, 0.3) is 0 Å². The molecule has 0 amide bonds. The third-order valence-electron chi connectivity index (χ3n) is 3.77. The molecule has 1 aliphatic carbocycles. The third-order valence-corrected chi connectivity index (χ3v) is 3.77. The fourth-order valence-electron chi connectivity index (χ4n) is 2.21. The van der Waals surface area contributed by atoms with Gasteiger partial charge in [0, 0.05) is 20.2 Å². The highest BCUT2D eigenvalue weighted by Gasteiger charge is 2.20. The van der Waals surface area contributed by atoms with E-state index in [1.807, 2.05) is 31.2 Å². The summed E-state index contributed by atoms with van der Waals surface area (Å²) in [6.45, 7) is 4.97. The van der Waals surface area contributed by atoms with Gasteiger partial charge in [-0.15, -0.1) is 0 Å². The van der Waals surface area contributed by atoms with E-state index in [1.54, 1.807) is 14.2 Å². The zero-order valence-electron chi connectivity index (χ0n) is 14.9. The van der Waals surface area contributed by atoms with Crippen molar-refractivity contribution >= 4 is 5.96 Å². The number of nitrogens with zero attached hydrogens (tertiary/aromatic N) is 1. The molecular weight excluding hydrogens is 306 g/mol. The summed E-state index contributed by atoms with van der Waals surface area (Å²) in [5.74, 6) is 3.03. The van der Waals surface area contributed by atoms with Crippen LogP contribution in [-0.2, 0) is 4.74 Å². The van der Waals surface area contributed by atoms with Crippen LogP contribution in [0.4, 0.5) is 0 Å². The summed E-state index contributed by atoms with van der Waals surface area (Å²) in [7, 11) is 3.40. The van der Waals surface area contributed by atoms with Crippen LogP contribution in [0.2, 0.25) is 0 Å². The molecular formula is C18H29N3O3. The van der Waals surface area contributed by atoms with E-state index in [4.69, 9.17) is 14.2 Å². The molecule has 1 unspecified atom stereocenters. The molecule has 0 heterocycles. The van der Waals surface area contributed by atoms with Crippen LogP contribution in [0, 0.1) is 5.92 Å². The maximum absolute atomic E-state index is 5.91. The van der Waals surface area contributed by atoms with Crippen molar-refractivity contribution in [1.82, 2.24) is 10.6 Å². The average Bonchev–Trinajstić information content (AvgIpc) is 3.42. The van der Waals surface area contributed by atoms with E-state index in [2.05, 4.69) is 15.6 Å². The molecule has 0 aliphatic heterocycles. The first kappa shape index (κ1) is 18.4. The van der Waals surface area contributed by atoms with E-state index in [-0.39, 0.29) is 6.10 Å². The lowest BCUT2D eigenvalue weighted by molar-refractivity contribution is 0.129. The van der Waals surface area contributed by atoms with Crippen LogP contribution in [0.1, 0.15) is 19.8 Å². The van der Waals surface area contributed by atoms with Gasteiger partial charge in [0.05, 0.1) is 20.3 Å². The Morgan fingerprint density at radius 3 is 2.67 bits per heavy atom. The van der Waals surface area contributed by atoms with E-state index in [9.17, 15) is 0 Å².